The fourth-order valence-electron chi connectivity index (χ4n) is 4.49. The van der Waals surface area contributed by atoms with Crippen molar-refractivity contribution in [2.45, 2.75) is 6.92 Å². The maximum atomic E-state index is 12.6. The zero-order valence-corrected chi connectivity index (χ0v) is 25.4. The van der Waals surface area contributed by atoms with Gasteiger partial charge >= 0.3 is 12.1 Å². The van der Waals surface area contributed by atoms with Gasteiger partial charge in [-0.3, -0.25) is 38.8 Å². The Morgan fingerprint density at radius 3 is 1.62 bits per heavy atom. The van der Waals surface area contributed by atoms with Gasteiger partial charge in [0.2, 0.25) is 0 Å². The van der Waals surface area contributed by atoms with Gasteiger partial charge in [0.1, 0.15) is 11.1 Å². The predicted octanol–water partition coefficient (Wildman–Crippen LogP) is 4.97. The third-order valence-corrected chi connectivity index (χ3v) is 9.86. The van der Waals surface area contributed by atoms with Crippen LogP contribution < -0.4 is 0 Å². The normalized spacial score (nSPS) is 16.3. The first kappa shape index (κ1) is 29.1. The van der Waals surface area contributed by atoms with E-state index in [0.717, 1.165) is 45.4 Å². The summed E-state index contributed by atoms with van der Waals surface area (Å²) in [6, 6.07) is 9.54. The number of benzene rings is 1. The summed E-state index contributed by atoms with van der Waals surface area (Å²) in [6.07, 6.45) is 2.95. The molecule has 0 radical (unpaired) electrons. The van der Waals surface area contributed by atoms with Crippen LogP contribution in [-0.4, -0.2) is 83.5 Å². The van der Waals surface area contributed by atoms with Crippen LogP contribution in [0.3, 0.4) is 0 Å². The Hall–Kier alpha value is -4.39. The van der Waals surface area contributed by atoms with Crippen LogP contribution in [0.15, 0.2) is 47.5 Å². The van der Waals surface area contributed by atoms with E-state index in [1.165, 1.54) is 63.0 Å². The molecule has 3 aromatic rings. The molecule has 0 spiro atoms. The number of barbiturate groups is 2. The van der Waals surface area contributed by atoms with Gasteiger partial charge in [-0.05, 0) is 47.9 Å². The molecule has 4 heterocycles. The molecule has 0 aliphatic carbocycles. The maximum Gasteiger partial charge on any atom is 0.333 e. The van der Waals surface area contributed by atoms with Gasteiger partial charge < -0.3 is 0 Å². The van der Waals surface area contributed by atoms with Crippen molar-refractivity contribution in [1.82, 2.24) is 19.6 Å². The minimum absolute atomic E-state index is 0.0890. The van der Waals surface area contributed by atoms with Gasteiger partial charge in [-0.1, -0.05) is 35.9 Å². The third kappa shape index (κ3) is 4.87. The minimum atomic E-state index is -0.682. The summed E-state index contributed by atoms with van der Waals surface area (Å²) in [6.45, 7) is 1.92. The molecule has 0 saturated carbocycles. The highest BCUT2D eigenvalue weighted by molar-refractivity contribution is 7.24. The Morgan fingerprint density at radius 1 is 0.643 bits per heavy atom. The van der Waals surface area contributed by atoms with Crippen molar-refractivity contribution in [3.63, 3.8) is 0 Å². The number of nitrogens with zero attached hydrogens (tertiary/aromatic N) is 4. The van der Waals surface area contributed by atoms with E-state index in [1.807, 2.05) is 31.2 Å². The number of likely N-dealkylation sites (N-methyl/N-ethyl adjacent to an activating group) is 4. The summed E-state index contributed by atoms with van der Waals surface area (Å²) in [7, 11) is 5.31. The van der Waals surface area contributed by atoms with Crippen LogP contribution in [0.4, 0.5) is 9.59 Å². The van der Waals surface area contributed by atoms with Crippen LogP contribution in [0.1, 0.15) is 16.0 Å². The second kappa shape index (κ2) is 10.8. The number of aryl methyl sites for hydroxylation is 1. The number of hydrogen-bond donors (Lipinski definition) is 0. The molecule has 42 heavy (non-hydrogen) atoms. The Morgan fingerprint density at radius 2 is 1.12 bits per heavy atom. The number of thiophene rings is 2. The Balaban J connectivity index is 1.42. The molecule has 10 nitrogen and oxygen atoms in total. The Bertz CT molecular complexity index is 1730. The van der Waals surface area contributed by atoms with Crippen molar-refractivity contribution in [2.24, 2.45) is 0 Å². The fraction of sp³-hybridized carbons (Fsp3) is 0.172. The van der Waals surface area contributed by atoms with E-state index in [9.17, 15) is 28.8 Å². The fourth-order valence-corrected chi connectivity index (χ4v) is 7.23. The van der Waals surface area contributed by atoms with Crippen molar-refractivity contribution in [2.75, 3.05) is 28.2 Å². The molecule has 2 saturated heterocycles. The van der Waals surface area contributed by atoms with Crippen LogP contribution in [-0.2, 0) is 19.2 Å². The zero-order chi connectivity index (χ0) is 30.6. The molecular weight excluding hydrogens is 600 g/mol. The lowest BCUT2D eigenvalue weighted by Crippen LogP contribution is -2.52. The molecule has 1 aromatic carbocycles. The highest BCUT2D eigenvalue weighted by Gasteiger charge is 2.39. The van der Waals surface area contributed by atoms with Gasteiger partial charge in [0.15, 0.2) is 0 Å². The predicted molar refractivity (Wildman–Crippen MR) is 161 cm³/mol. The van der Waals surface area contributed by atoms with Gasteiger partial charge in [0.05, 0.1) is 9.90 Å². The summed E-state index contributed by atoms with van der Waals surface area (Å²) in [5, 5.41) is 0.535. The average Bonchev–Trinajstić information content (AvgIpc) is 3.55. The van der Waals surface area contributed by atoms with E-state index in [1.54, 1.807) is 12.1 Å². The molecule has 5 rings (SSSR count). The highest BCUT2D eigenvalue weighted by atomic mass is 35.5. The standard InChI is InChI=1S/C29H23ClN4O6S2/c1-14-10-17(12-19-26(37)33(4)29(40)34(5)27(19)38)41-22(14)21-13-20(30)23(42-21)16-8-6-15(7-9-16)11-18-24(35)31(2)28(39)32(3)25(18)36/h6-13H,1-5H3. The average molecular weight is 623 g/mol. The van der Waals surface area contributed by atoms with E-state index in [0.29, 0.717) is 15.5 Å². The van der Waals surface area contributed by atoms with Gasteiger partial charge in [0, 0.05) is 42.8 Å². The first-order valence-electron chi connectivity index (χ1n) is 12.4. The number of rotatable bonds is 4. The second-order valence-electron chi connectivity index (χ2n) is 9.71. The van der Waals surface area contributed by atoms with Crippen molar-refractivity contribution < 1.29 is 28.8 Å². The van der Waals surface area contributed by atoms with Crippen molar-refractivity contribution in [3.8, 4) is 20.2 Å². The lowest BCUT2D eigenvalue weighted by Gasteiger charge is -2.28. The van der Waals surface area contributed by atoms with Gasteiger partial charge in [-0.2, -0.15) is 0 Å². The number of urea groups is 2. The largest absolute Gasteiger partial charge is 0.333 e. The number of carbonyl (C=O) groups excluding carboxylic acids is 6. The van der Waals surface area contributed by atoms with E-state index in [-0.39, 0.29) is 11.1 Å². The van der Waals surface area contributed by atoms with E-state index < -0.39 is 35.7 Å². The SMILES string of the molecule is Cc1cc(C=C2C(=O)N(C)C(=O)N(C)C2=O)sc1-c1cc(Cl)c(-c2ccc(C=C3C(=O)N(C)C(=O)N(C)C3=O)cc2)s1. The van der Waals surface area contributed by atoms with Crippen LogP contribution in [0.5, 0.6) is 0 Å². The lowest BCUT2D eigenvalue weighted by atomic mass is 10.0. The molecule has 0 bridgehead atoms. The second-order valence-corrected chi connectivity index (χ2v) is 12.3. The lowest BCUT2D eigenvalue weighted by molar-refractivity contribution is -0.135. The number of amides is 8. The first-order valence-corrected chi connectivity index (χ1v) is 14.4. The molecule has 2 aromatic heterocycles. The monoisotopic (exact) mass is 622 g/mol. The number of imide groups is 4. The molecule has 0 N–H and O–H groups in total. The quantitative estimate of drug-likeness (QED) is 0.300. The third-order valence-electron chi connectivity index (χ3n) is 6.91. The summed E-state index contributed by atoms with van der Waals surface area (Å²) < 4.78 is 0. The van der Waals surface area contributed by atoms with Gasteiger partial charge in [-0.15, -0.1) is 22.7 Å². The molecule has 8 amide bonds. The molecule has 214 valence electrons. The molecule has 2 aliphatic rings. The minimum Gasteiger partial charge on any atom is -0.268 e. The topological polar surface area (TPSA) is 115 Å². The Labute approximate surface area is 253 Å². The molecule has 13 heteroatoms. The molecular formula is C29H23ClN4O6S2. The van der Waals surface area contributed by atoms with Gasteiger partial charge in [-0.25, -0.2) is 9.59 Å². The summed E-state index contributed by atoms with van der Waals surface area (Å²) in [5.74, 6) is -2.63. The summed E-state index contributed by atoms with van der Waals surface area (Å²) >= 11 is 9.51. The van der Waals surface area contributed by atoms with E-state index in [2.05, 4.69) is 0 Å². The highest BCUT2D eigenvalue weighted by Crippen LogP contribution is 2.45. The number of halogens is 1. The van der Waals surface area contributed by atoms with Crippen molar-refractivity contribution in [3.05, 3.63) is 68.6 Å². The van der Waals surface area contributed by atoms with Crippen LogP contribution in [0, 0.1) is 6.92 Å². The van der Waals surface area contributed by atoms with Crippen molar-refractivity contribution in [1.29, 1.82) is 0 Å². The summed E-state index contributed by atoms with van der Waals surface area (Å²) in [4.78, 5) is 81.1. The van der Waals surface area contributed by atoms with E-state index >= 15 is 0 Å². The van der Waals surface area contributed by atoms with Gasteiger partial charge in [0.25, 0.3) is 23.6 Å². The van der Waals surface area contributed by atoms with Crippen molar-refractivity contribution >= 4 is 82.1 Å². The van der Waals surface area contributed by atoms with Crippen LogP contribution in [0.25, 0.3) is 32.3 Å². The smallest absolute Gasteiger partial charge is 0.268 e. The molecule has 0 unspecified atom stereocenters. The molecule has 2 fully saturated rings. The molecule has 0 atom stereocenters. The summed E-state index contributed by atoms with van der Waals surface area (Å²) in [5.41, 5.74) is 2.17. The zero-order valence-electron chi connectivity index (χ0n) is 23.1. The molecule has 2 aliphatic heterocycles. The maximum absolute atomic E-state index is 12.6. The van der Waals surface area contributed by atoms with Crippen LogP contribution >= 0.6 is 34.3 Å². The van der Waals surface area contributed by atoms with Crippen LogP contribution in [0.2, 0.25) is 5.02 Å². The Kier molecular flexibility index (Phi) is 7.48. The number of carbonyl (C=O) groups is 6. The first-order chi connectivity index (χ1) is 19.8. The number of hydrogen-bond acceptors (Lipinski definition) is 8. The van der Waals surface area contributed by atoms with E-state index in [4.69, 9.17) is 11.6 Å².